The normalized spacial score (nSPS) is 13.5. The van der Waals surface area contributed by atoms with Crippen LogP contribution in [0.4, 0.5) is 0 Å². The molecule has 0 saturated carbocycles. The number of amides is 1. The van der Waals surface area contributed by atoms with Crippen molar-refractivity contribution in [1.82, 2.24) is 10.3 Å². The lowest BCUT2D eigenvalue weighted by Gasteiger charge is -1.95. The Kier molecular flexibility index (Phi) is 3.66. The molecule has 0 unspecified atom stereocenters. The van der Waals surface area contributed by atoms with Gasteiger partial charge in [-0.25, -0.2) is 0 Å². The van der Waals surface area contributed by atoms with Gasteiger partial charge in [0.15, 0.2) is 0 Å². The van der Waals surface area contributed by atoms with Crippen molar-refractivity contribution in [2.45, 2.75) is 13.5 Å². The minimum absolute atomic E-state index is 0.264. The van der Waals surface area contributed by atoms with Crippen LogP contribution in [0, 0.1) is 6.92 Å². The molecule has 2 heterocycles. The lowest BCUT2D eigenvalue weighted by Crippen LogP contribution is -2.21. The molecular weight excluding hydrogens is 252 g/mol. The number of H-pyrrole nitrogens is 1. The van der Waals surface area contributed by atoms with Crippen molar-refractivity contribution < 1.29 is 22.3 Å². The molecule has 0 aliphatic carbocycles. The minimum atomic E-state index is -4.67. The summed E-state index contributed by atoms with van der Waals surface area (Å²) in [7, 11) is -4.67. The topological polar surface area (TPSA) is 137 Å². The summed E-state index contributed by atoms with van der Waals surface area (Å²) in [5.41, 5.74) is 1.55. The standard InChI is InChI=1S/C8H8N2O2.H2O4S/c1-4-2-5-3-9-7(11)6(5)8(12)10-4;1-5(2,3)4/h2H,3H2,1H3,(H,9,11)(H,10,12);(H2,1,2,3,4). The molecule has 17 heavy (non-hydrogen) atoms. The highest BCUT2D eigenvalue weighted by molar-refractivity contribution is 7.79. The molecule has 1 aliphatic heterocycles. The van der Waals surface area contributed by atoms with Gasteiger partial charge < -0.3 is 10.3 Å². The molecule has 94 valence electrons. The van der Waals surface area contributed by atoms with E-state index in [1.807, 2.05) is 6.07 Å². The highest BCUT2D eigenvalue weighted by Gasteiger charge is 2.22. The Bertz CT molecular complexity index is 595. The quantitative estimate of drug-likeness (QED) is 0.455. The van der Waals surface area contributed by atoms with Gasteiger partial charge in [0.05, 0.1) is 0 Å². The van der Waals surface area contributed by atoms with Crippen LogP contribution in [0.25, 0.3) is 0 Å². The SMILES string of the molecule is Cc1cc2c(c(=O)[nH]1)C(=O)NC2.O=S(=O)(O)O. The second kappa shape index (κ2) is 4.65. The van der Waals surface area contributed by atoms with Gasteiger partial charge in [0, 0.05) is 12.2 Å². The van der Waals surface area contributed by atoms with E-state index in [1.54, 1.807) is 6.92 Å². The summed E-state index contributed by atoms with van der Waals surface area (Å²) in [6.07, 6.45) is 0. The van der Waals surface area contributed by atoms with Crippen LogP contribution < -0.4 is 10.9 Å². The number of rotatable bonds is 0. The predicted molar refractivity (Wildman–Crippen MR) is 57.1 cm³/mol. The fourth-order valence-corrected chi connectivity index (χ4v) is 1.41. The first-order valence-electron chi connectivity index (χ1n) is 4.39. The van der Waals surface area contributed by atoms with E-state index in [2.05, 4.69) is 10.3 Å². The van der Waals surface area contributed by atoms with Gasteiger partial charge in [-0.1, -0.05) is 0 Å². The van der Waals surface area contributed by atoms with E-state index in [0.717, 1.165) is 11.3 Å². The summed E-state index contributed by atoms with van der Waals surface area (Å²) in [5.74, 6) is -0.272. The van der Waals surface area contributed by atoms with Gasteiger partial charge in [-0.2, -0.15) is 8.42 Å². The predicted octanol–water partition coefficient (Wildman–Crippen LogP) is -0.726. The number of hydrogen-bond donors (Lipinski definition) is 4. The summed E-state index contributed by atoms with van der Waals surface area (Å²) in [5, 5.41) is 2.59. The maximum Gasteiger partial charge on any atom is 0.394 e. The number of aryl methyl sites for hydroxylation is 1. The molecule has 0 aromatic carbocycles. The first kappa shape index (κ1) is 13.4. The van der Waals surface area contributed by atoms with Gasteiger partial charge in [0.2, 0.25) is 0 Å². The molecule has 1 amide bonds. The minimum Gasteiger partial charge on any atom is -0.348 e. The van der Waals surface area contributed by atoms with Crippen molar-refractivity contribution in [1.29, 1.82) is 0 Å². The molecule has 0 fully saturated rings. The first-order valence-corrected chi connectivity index (χ1v) is 5.79. The Hall–Kier alpha value is -1.71. The van der Waals surface area contributed by atoms with E-state index in [4.69, 9.17) is 17.5 Å². The molecule has 0 spiro atoms. The third kappa shape index (κ3) is 3.98. The lowest BCUT2D eigenvalue weighted by molar-refractivity contribution is 0.0964. The average molecular weight is 262 g/mol. The van der Waals surface area contributed by atoms with E-state index in [9.17, 15) is 9.59 Å². The molecule has 9 heteroatoms. The largest absolute Gasteiger partial charge is 0.394 e. The van der Waals surface area contributed by atoms with Crippen LogP contribution in [0.3, 0.4) is 0 Å². The molecule has 4 N–H and O–H groups in total. The fraction of sp³-hybridized carbons (Fsp3) is 0.250. The van der Waals surface area contributed by atoms with Crippen LogP contribution in [-0.2, 0) is 16.9 Å². The Morgan fingerprint density at radius 2 is 1.82 bits per heavy atom. The monoisotopic (exact) mass is 262 g/mol. The highest BCUT2D eigenvalue weighted by atomic mass is 32.3. The molecule has 0 radical (unpaired) electrons. The van der Waals surface area contributed by atoms with Crippen LogP contribution in [0.1, 0.15) is 21.6 Å². The Morgan fingerprint density at radius 3 is 2.35 bits per heavy atom. The summed E-state index contributed by atoms with van der Waals surface area (Å²) in [6.45, 7) is 2.27. The smallest absolute Gasteiger partial charge is 0.348 e. The molecule has 8 nitrogen and oxygen atoms in total. The van der Waals surface area contributed by atoms with Crippen molar-refractivity contribution in [3.8, 4) is 0 Å². The number of carbonyl (C=O) groups excluding carboxylic acids is 1. The van der Waals surface area contributed by atoms with E-state index in [0.29, 0.717) is 6.54 Å². The second-order valence-corrected chi connectivity index (χ2v) is 4.21. The third-order valence-electron chi connectivity index (χ3n) is 1.92. The molecular formula is C8H10N2O6S. The first-order chi connectivity index (χ1) is 7.68. The molecule has 0 bridgehead atoms. The molecule has 2 rings (SSSR count). The fourth-order valence-electron chi connectivity index (χ4n) is 1.41. The summed E-state index contributed by atoms with van der Waals surface area (Å²) in [4.78, 5) is 24.9. The van der Waals surface area contributed by atoms with Gasteiger partial charge in [0.1, 0.15) is 5.56 Å². The van der Waals surface area contributed by atoms with E-state index < -0.39 is 10.4 Å². The molecule has 1 aromatic rings. The van der Waals surface area contributed by atoms with Crippen molar-refractivity contribution in [3.63, 3.8) is 0 Å². The van der Waals surface area contributed by atoms with Gasteiger partial charge in [-0.05, 0) is 18.6 Å². The summed E-state index contributed by atoms with van der Waals surface area (Å²) >= 11 is 0. The number of aromatic amines is 1. The molecule has 1 aromatic heterocycles. The third-order valence-corrected chi connectivity index (χ3v) is 1.92. The number of hydrogen-bond acceptors (Lipinski definition) is 4. The Labute approximate surface area is 96.3 Å². The highest BCUT2D eigenvalue weighted by Crippen LogP contribution is 2.10. The van der Waals surface area contributed by atoms with Gasteiger partial charge in [-0.3, -0.25) is 18.7 Å². The van der Waals surface area contributed by atoms with Crippen LogP contribution >= 0.6 is 0 Å². The number of nitrogens with one attached hydrogen (secondary N) is 2. The lowest BCUT2D eigenvalue weighted by atomic mass is 10.1. The van der Waals surface area contributed by atoms with E-state index >= 15 is 0 Å². The van der Waals surface area contributed by atoms with Crippen molar-refractivity contribution in [2.24, 2.45) is 0 Å². The van der Waals surface area contributed by atoms with E-state index in [1.165, 1.54) is 0 Å². The molecule has 1 aliphatic rings. The zero-order valence-corrected chi connectivity index (χ0v) is 9.54. The maximum absolute atomic E-state index is 11.2. The number of pyridine rings is 1. The summed E-state index contributed by atoms with van der Waals surface area (Å²) < 4.78 is 31.6. The second-order valence-electron chi connectivity index (χ2n) is 3.31. The number of carbonyl (C=O) groups is 1. The molecule has 0 atom stereocenters. The van der Waals surface area contributed by atoms with Crippen LogP contribution in [-0.4, -0.2) is 28.4 Å². The summed E-state index contributed by atoms with van der Waals surface area (Å²) in [6, 6.07) is 1.81. The number of aromatic nitrogens is 1. The van der Waals surface area contributed by atoms with Gasteiger partial charge in [-0.15, -0.1) is 0 Å². The molecule has 0 saturated heterocycles. The zero-order chi connectivity index (χ0) is 13.2. The van der Waals surface area contributed by atoms with Gasteiger partial charge >= 0.3 is 10.4 Å². The Balaban J connectivity index is 0.000000249. The van der Waals surface area contributed by atoms with E-state index in [-0.39, 0.29) is 17.0 Å². The van der Waals surface area contributed by atoms with Crippen molar-refractivity contribution in [2.75, 3.05) is 0 Å². The van der Waals surface area contributed by atoms with Crippen LogP contribution in [0.5, 0.6) is 0 Å². The van der Waals surface area contributed by atoms with Gasteiger partial charge in [0.25, 0.3) is 11.5 Å². The van der Waals surface area contributed by atoms with Crippen LogP contribution in [0.2, 0.25) is 0 Å². The Morgan fingerprint density at radius 1 is 1.29 bits per heavy atom. The number of fused-ring (bicyclic) bond motifs is 1. The maximum atomic E-state index is 11.2. The zero-order valence-electron chi connectivity index (χ0n) is 8.72. The average Bonchev–Trinajstić information content (AvgIpc) is 2.43. The van der Waals surface area contributed by atoms with Crippen LogP contribution in [0.15, 0.2) is 10.9 Å². The van der Waals surface area contributed by atoms with Crippen molar-refractivity contribution >= 4 is 16.3 Å². The van der Waals surface area contributed by atoms with Crippen molar-refractivity contribution in [3.05, 3.63) is 33.2 Å².